The first kappa shape index (κ1) is 22.2. The van der Waals surface area contributed by atoms with E-state index in [-0.39, 0.29) is 12.6 Å². The lowest BCUT2D eigenvalue weighted by atomic mass is 9.89. The van der Waals surface area contributed by atoms with Crippen LogP contribution in [0.15, 0.2) is 42.5 Å². The Kier molecular flexibility index (Phi) is 6.69. The largest absolute Gasteiger partial charge is 0.391 e. The molecule has 3 N–H and O–H groups in total. The van der Waals surface area contributed by atoms with Gasteiger partial charge in [-0.15, -0.1) is 0 Å². The van der Waals surface area contributed by atoms with Crippen LogP contribution in [0.25, 0.3) is 5.65 Å². The van der Waals surface area contributed by atoms with Gasteiger partial charge in [-0.3, -0.25) is 0 Å². The number of halogens is 2. The minimum Gasteiger partial charge on any atom is -0.391 e. The lowest BCUT2D eigenvalue weighted by Crippen LogP contribution is -2.40. The van der Waals surface area contributed by atoms with Crippen LogP contribution in [0.2, 0.25) is 0 Å². The van der Waals surface area contributed by atoms with E-state index >= 15 is 0 Å². The Hall–Kier alpha value is -3.01. The molecule has 3 heterocycles. The third kappa shape index (κ3) is 4.74. The molecule has 1 saturated heterocycles. The molecular formula is C22H28F2N6O2. The summed E-state index contributed by atoms with van der Waals surface area (Å²) in [4.78, 5) is 18.9. The minimum atomic E-state index is -1.25. The average Bonchev–Trinajstić information content (AvgIpc) is 3.41. The van der Waals surface area contributed by atoms with Crippen molar-refractivity contribution in [1.82, 2.24) is 19.9 Å². The van der Waals surface area contributed by atoms with Crippen molar-refractivity contribution in [2.75, 3.05) is 23.3 Å². The molecule has 2 aromatic rings. The molecule has 0 radical (unpaired) electrons. The van der Waals surface area contributed by atoms with Crippen molar-refractivity contribution in [3.05, 3.63) is 42.5 Å². The van der Waals surface area contributed by atoms with Crippen LogP contribution < -0.4 is 15.5 Å². The molecule has 1 aliphatic carbocycles. The van der Waals surface area contributed by atoms with E-state index in [2.05, 4.69) is 20.7 Å². The monoisotopic (exact) mass is 446 g/mol. The van der Waals surface area contributed by atoms with E-state index in [1.807, 2.05) is 11.8 Å². The molecule has 1 fully saturated rings. The first-order valence-electron chi connectivity index (χ1n) is 11.0. The highest BCUT2D eigenvalue weighted by Crippen LogP contribution is 2.35. The van der Waals surface area contributed by atoms with Crippen LogP contribution in [-0.2, 0) is 0 Å². The van der Waals surface area contributed by atoms with Gasteiger partial charge in [0.25, 0.3) is 0 Å². The number of nitrogens with zero attached hydrogens (tertiary/aromatic N) is 4. The summed E-state index contributed by atoms with van der Waals surface area (Å²) in [5.41, 5.74) is 0.861. The van der Waals surface area contributed by atoms with Gasteiger partial charge >= 0.3 is 6.03 Å². The van der Waals surface area contributed by atoms with Gasteiger partial charge in [-0.25, -0.2) is 23.1 Å². The number of anilines is 2. The van der Waals surface area contributed by atoms with E-state index in [0.29, 0.717) is 30.1 Å². The summed E-state index contributed by atoms with van der Waals surface area (Å²) in [6.07, 6.45) is 8.19. The molecule has 1 aliphatic heterocycles. The van der Waals surface area contributed by atoms with E-state index < -0.39 is 30.1 Å². The summed E-state index contributed by atoms with van der Waals surface area (Å²) >= 11 is 0. The maximum absolute atomic E-state index is 14.5. The summed E-state index contributed by atoms with van der Waals surface area (Å²) in [6.45, 7) is 2.79. The minimum absolute atomic E-state index is 0.150. The van der Waals surface area contributed by atoms with Gasteiger partial charge in [0.15, 0.2) is 5.65 Å². The number of nitrogens with one attached hydrogen (secondary N) is 2. The summed E-state index contributed by atoms with van der Waals surface area (Å²) in [6, 6.07) is 1.12. The summed E-state index contributed by atoms with van der Waals surface area (Å²) in [7, 11) is 0. The second kappa shape index (κ2) is 9.64. The maximum atomic E-state index is 14.5. The molecule has 0 bridgehead atoms. The molecule has 2 amide bonds. The van der Waals surface area contributed by atoms with Crippen LogP contribution in [0.4, 0.5) is 25.1 Å². The number of aliphatic hydroxyl groups is 1. The molecule has 2 unspecified atom stereocenters. The number of urea groups is 1. The Bertz CT molecular complexity index is 1020. The number of alkyl halides is 1. The zero-order chi connectivity index (χ0) is 22.7. The second-order valence-corrected chi connectivity index (χ2v) is 8.23. The molecule has 0 aromatic carbocycles. The second-order valence-electron chi connectivity index (χ2n) is 8.23. The Labute approximate surface area is 185 Å². The smallest absolute Gasteiger partial charge is 0.319 e. The topological polar surface area (TPSA) is 94.8 Å². The molecular weight excluding hydrogens is 418 g/mol. The van der Waals surface area contributed by atoms with Crippen LogP contribution in [0.5, 0.6) is 0 Å². The number of hydrogen-bond acceptors (Lipinski definition) is 5. The van der Waals surface area contributed by atoms with Crippen molar-refractivity contribution in [2.24, 2.45) is 5.92 Å². The quantitative estimate of drug-likeness (QED) is 0.606. The SMILES string of the molecule is CCC[C@H](O)CNC(=O)Nc1cnn2ccc(N3CCC[C@@H]3C3C=C(F)C=CC3F)nc12. The third-order valence-electron chi connectivity index (χ3n) is 5.92. The van der Waals surface area contributed by atoms with Crippen molar-refractivity contribution in [1.29, 1.82) is 0 Å². The van der Waals surface area contributed by atoms with E-state index in [9.17, 15) is 18.7 Å². The van der Waals surface area contributed by atoms with Crippen LogP contribution in [0.1, 0.15) is 32.6 Å². The average molecular weight is 447 g/mol. The van der Waals surface area contributed by atoms with Crippen molar-refractivity contribution >= 4 is 23.2 Å². The van der Waals surface area contributed by atoms with Crippen LogP contribution in [0, 0.1) is 5.92 Å². The Morgan fingerprint density at radius 1 is 1.44 bits per heavy atom. The molecule has 2 aromatic heterocycles. The van der Waals surface area contributed by atoms with Gasteiger partial charge in [-0.2, -0.15) is 5.10 Å². The van der Waals surface area contributed by atoms with Crippen LogP contribution in [0.3, 0.4) is 0 Å². The van der Waals surface area contributed by atoms with Crippen LogP contribution >= 0.6 is 0 Å². The molecule has 2 aliphatic rings. The maximum Gasteiger partial charge on any atom is 0.319 e. The van der Waals surface area contributed by atoms with Gasteiger partial charge < -0.3 is 20.6 Å². The van der Waals surface area contributed by atoms with Gasteiger partial charge in [-0.05, 0) is 43.6 Å². The van der Waals surface area contributed by atoms with E-state index in [0.717, 1.165) is 19.3 Å². The molecule has 4 atom stereocenters. The molecule has 10 heteroatoms. The van der Waals surface area contributed by atoms with E-state index in [1.54, 1.807) is 12.3 Å². The fourth-order valence-corrected chi connectivity index (χ4v) is 4.36. The van der Waals surface area contributed by atoms with E-state index in [4.69, 9.17) is 0 Å². The zero-order valence-electron chi connectivity index (χ0n) is 17.9. The number of fused-ring (bicyclic) bond motifs is 1. The molecule has 0 saturated carbocycles. The molecule has 4 rings (SSSR count). The number of rotatable bonds is 7. The van der Waals surface area contributed by atoms with Gasteiger partial charge in [0.05, 0.1) is 12.3 Å². The zero-order valence-corrected chi connectivity index (χ0v) is 17.9. The summed E-state index contributed by atoms with van der Waals surface area (Å²) < 4.78 is 29.8. The summed E-state index contributed by atoms with van der Waals surface area (Å²) in [5.74, 6) is -0.377. The highest BCUT2D eigenvalue weighted by atomic mass is 19.1. The number of carbonyl (C=O) groups excluding carboxylic acids is 1. The predicted octanol–water partition coefficient (Wildman–Crippen LogP) is 3.36. The standard InChI is InChI=1S/C22H28F2N6O2/c1-2-4-15(31)12-25-22(32)27-18-13-26-30-10-8-20(28-21(18)30)29-9-3-5-19(29)16-11-14(23)6-7-17(16)24/h6-8,10-11,13,15-17,19,31H,2-5,9,12H2,1H3,(H2,25,27,32)/t15-,16?,17?,19+/m0/s1. The van der Waals surface area contributed by atoms with Crippen molar-refractivity contribution in [3.63, 3.8) is 0 Å². The van der Waals surface area contributed by atoms with Crippen molar-refractivity contribution < 1.29 is 18.7 Å². The van der Waals surface area contributed by atoms with Crippen LogP contribution in [-0.4, -0.2) is 57.1 Å². The predicted molar refractivity (Wildman–Crippen MR) is 118 cm³/mol. The van der Waals surface area contributed by atoms with Crippen molar-refractivity contribution in [3.8, 4) is 0 Å². The number of hydrogen-bond donors (Lipinski definition) is 3. The van der Waals surface area contributed by atoms with Gasteiger partial charge in [0, 0.05) is 31.2 Å². The van der Waals surface area contributed by atoms with Gasteiger partial charge in [-0.1, -0.05) is 13.3 Å². The number of allylic oxidation sites excluding steroid dienone is 3. The fourth-order valence-electron chi connectivity index (χ4n) is 4.36. The van der Waals surface area contributed by atoms with Gasteiger partial charge in [0.1, 0.15) is 23.5 Å². The van der Waals surface area contributed by atoms with Gasteiger partial charge in [0.2, 0.25) is 0 Å². The molecule has 0 spiro atoms. The van der Waals surface area contributed by atoms with Crippen molar-refractivity contribution in [2.45, 2.75) is 50.9 Å². The Morgan fingerprint density at radius 3 is 3.09 bits per heavy atom. The first-order valence-corrected chi connectivity index (χ1v) is 11.0. The molecule has 172 valence electrons. The van der Waals surface area contributed by atoms with E-state index in [1.165, 1.54) is 28.9 Å². The molecule has 32 heavy (non-hydrogen) atoms. The third-order valence-corrected chi connectivity index (χ3v) is 5.92. The number of amides is 2. The molecule has 8 nitrogen and oxygen atoms in total. The highest BCUT2D eigenvalue weighted by Gasteiger charge is 2.37. The number of carbonyl (C=O) groups is 1. The summed E-state index contributed by atoms with van der Waals surface area (Å²) in [5, 5.41) is 19.3. The highest BCUT2D eigenvalue weighted by molar-refractivity contribution is 5.93. The number of aromatic nitrogens is 3. The Balaban J connectivity index is 1.51. The first-order chi connectivity index (χ1) is 15.5. The fraction of sp³-hybridized carbons (Fsp3) is 0.500. The lowest BCUT2D eigenvalue weighted by molar-refractivity contribution is 0.162. The normalized spacial score (nSPS) is 23.9. The Morgan fingerprint density at radius 2 is 2.28 bits per heavy atom. The number of aliphatic hydroxyl groups excluding tert-OH is 1. The lowest BCUT2D eigenvalue weighted by Gasteiger charge is -2.33.